The maximum absolute atomic E-state index is 12.3. The number of aromatic nitrogens is 1. The van der Waals surface area contributed by atoms with Gasteiger partial charge in [-0.15, -0.1) is 11.3 Å². The number of carbonyl (C=O) groups excluding carboxylic acids is 2. The fourth-order valence-electron chi connectivity index (χ4n) is 4.29. The van der Waals surface area contributed by atoms with Gasteiger partial charge in [-0.3, -0.25) is 9.59 Å². The molecule has 0 spiro atoms. The number of aryl methyl sites for hydroxylation is 1. The molecule has 0 atom stereocenters. The molecule has 3 aliphatic carbocycles. The van der Waals surface area contributed by atoms with Crippen LogP contribution in [0, 0.1) is 12.3 Å². The largest absolute Gasteiger partial charge is 0.484 e. The molecular weight excluding hydrogens is 407 g/mol. The quantitative estimate of drug-likeness (QED) is 0.666. The predicted molar refractivity (Wildman–Crippen MR) is 105 cm³/mol. The maximum Gasteiger partial charge on any atom is 0.258 e. The zero-order valence-corrected chi connectivity index (χ0v) is 17.0. The zero-order valence-electron chi connectivity index (χ0n) is 14.7. The summed E-state index contributed by atoms with van der Waals surface area (Å²) in [6.45, 7) is 1.82. The van der Waals surface area contributed by atoms with Crippen LogP contribution in [0.25, 0.3) is 0 Å². The third-order valence-electron chi connectivity index (χ3n) is 5.25. The molecule has 3 fully saturated rings. The van der Waals surface area contributed by atoms with Gasteiger partial charge in [0.05, 0.1) is 15.1 Å². The van der Waals surface area contributed by atoms with Crippen LogP contribution >= 0.6 is 34.5 Å². The Kier molecular flexibility index (Phi) is 4.69. The van der Waals surface area contributed by atoms with E-state index in [0.29, 0.717) is 27.9 Å². The summed E-state index contributed by atoms with van der Waals surface area (Å²) in [6, 6.07) is 4.88. The second-order valence-electron chi connectivity index (χ2n) is 7.58. The number of ether oxygens (including phenoxy) is 1. The van der Waals surface area contributed by atoms with E-state index in [9.17, 15) is 9.59 Å². The molecule has 1 aromatic carbocycles. The van der Waals surface area contributed by atoms with Crippen molar-refractivity contribution in [3.63, 3.8) is 0 Å². The Morgan fingerprint density at radius 2 is 2.00 bits per heavy atom. The molecule has 3 aliphatic rings. The van der Waals surface area contributed by atoms with Crippen LogP contribution in [-0.4, -0.2) is 28.8 Å². The lowest BCUT2D eigenvalue weighted by molar-refractivity contribution is -0.164. The van der Waals surface area contributed by atoms with Gasteiger partial charge in [0, 0.05) is 23.4 Å². The predicted octanol–water partition coefficient (Wildman–Crippen LogP) is 4.45. The Bertz CT molecular complexity index is 908. The van der Waals surface area contributed by atoms with E-state index in [-0.39, 0.29) is 29.3 Å². The van der Waals surface area contributed by atoms with Gasteiger partial charge in [0.25, 0.3) is 5.91 Å². The highest BCUT2D eigenvalue weighted by molar-refractivity contribution is 7.09. The van der Waals surface area contributed by atoms with Gasteiger partial charge in [0.15, 0.2) is 12.4 Å². The lowest BCUT2D eigenvalue weighted by Gasteiger charge is -2.70. The Hall–Kier alpha value is -1.63. The number of thiazole rings is 1. The number of ketones is 1. The van der Waals surface area contributed by atoms with E-state index in [4.69, 9.17) is 27.9 Å². The van der Waals surface area contributed by atoms with Crippen molar-refractivity contribution in [2.45, 2.75) is 38.1 Å². The second-order valence-corrected chi connectivity index (χ2v) is 9.45. The van der Waals surface area contributed by atoms with Crippen LogP contribution < -0.4 is 10.1 Å². The normalized spacial score (nSPS) is 25.3. The Morgan fingerprint density at radius 3 is 2.63 bits per heavy atom. The summed E-state index contributed by atoms with van der Waals surface area (Å²) < 4.78 is 5.47. The first-order valence-electron chi connectivity index (χ1n) is 8.62. The highest BCUT2D eigenvalue weighted by Crippen LogP contribution is 2.69. The monoisotopic (exact) mass is 424 g/mol. The summed E-state index contributed by atoms with van der Waals surface area (Å²) in [6.07, 6.45) is 3.03. The topological polar surface area (TPSA) is 68.3 Å². The average molecular weight is 425 g/mol. The molecule has 0 radical (unpaired) electrons. The van der Waals surface area contributed by atoms with Crippen LogP contribution in [-0.2, 0) is 4.79 Å². The molecule has 5 nitrogen and oxygen atoms in total. The minimum absolute atomic E-state index is 0.0342. The number of amides is 1. The summed E-state index contributed by atoms with van der Waals surface area (Å²) in [4.78, 5) is 28.8. The Labute approximate surface area is 171 Å². The Balaban J connectivity index is 1.23. The van der Waals surface area contributed by atoms with Crippen molar-refractivity contribution in [1.29, 1.82) is 0 Å². The molecule has 1 heterocycles. The molecule has 5 rings (SSSR count). The molecule has 0 unspecified atom stereocenters. The van der Waals surface area contributed by atoms with Crippen molar-refractivity contribution in [3.05, 3.63) is 44.3 Å². The fraction of sp³-hybridized carbons (Fsp3) is 0.421. The van der Waals surface area contributed by atoms with Crippen LogP contribution in [0.3, 0.4) is 0 Å². The lowest BCUT2D eigenvalue weighted by atomic mass is 9.38. The van der Waals surface area contributed by atoms with Crippen LogP contribution in [0.4, 0.5) is 0 Å². The first-order chi connectivity index (χ1) is 12.8. The molecule has 8 heteroatoms. The van der Waals surface area contributed by atoms with Gasteiger partial charge in [0.2, 0.25) is 0 Å². The third-order valence-corrected chi connectivity index (χ3v) is 6.76. The Morgan fingerprint density at radius 1 is 1.26 bits per heavy atom. The van der Waals surface area contributed by atoms with Crippen molar-refractivity contribution < 1.29 is 14.3 Å². The molecule has 0 saturated heterocycles. The van der Waals surface area contributed by atoms with E-state index >= 15 is 0 Å². The van der Waals surface area contributed by atoms with Crippen molar-refractivity contribution in [3.8, 4) is 5.75 Å². The van der Waals surface area contributed by atoms with E-state index in [0.717, 1.165) is 24.3 Å². The standard InChI is InChI=1S/C19H18Cl2N2O3S/c1-11-22-15(7-27-11)16(24)5-18-8-19(9-18,10-18)23-17(25)6-26-12-2-3-13(20)14(21)4-12/h2-4,7H,5-6,8-10H2,1H3,(H,23,25). The van der Waals surface area contributed by atoms with E-state index in [2.05, 4.69) is 10.3 Å². The number of rotatable bonds is 7. The molecule has 1 amide bonds. The maximum atomic E-state index is 12.3. The molecule has 3 saturated carbocycles. The van der Waals surface area contributed by atoms with Gasteiger partial charge in [0.1, 0.15) is 11.4 Å². The molecule has 27 heavy (non-hydrogen) atoms. The second kappa shape index (κ2) is 6.76. The molecular formula is C19H18Cl2N2O3S. The summed E-state index contributed by atoms with van der Waals surface area (Å²) in [5.74, 6) is 0.426. The molecule has 2 aromatic rings. The number of nitrogens with one attached hydrogen (secondary N) is 1. The summed E-state index contributed by atoms with van der Waals surface area (Å²) >= 11 is 13.3. The SMILES string of the molecule is Cc1nc(C(=O)CC23CC(NC(=O)COc4ccc(Cl)c(Cl)c4)(C2)C3)cs1. The summed E-state index contributed by atoms with van der Waals surface area (Å²) in [5, 5.41) is 6.60. The highest BCUT2D eigenvalue weighted by Gasteiger charge is 2.68. The lowest BCUT2D eigenvalue weighted by Crippen LogP contribution is -2.75. The van der Waals surface area contributed by atoms with Crippen LogP contribution in [0.15, 0.2) is 23.6 Å². The molecule has 1 aromatic heterocycles. The van der Waals surface area contributed by atoms with E-state index in [1.807, 2.05) is 12.3 Å². The minimum atomic E-state index is -0.171. The van der Waals surface area contributed by atoms with Gasteiger partial charge < -0.3 is 10.1 Å². The molecule has 142 valence electrons. The van der Waals surface area contributed by atoms with Crippen LogP contribution in [0.5, 0.6) is 5.75 Å². The number of hydrogen-bond donors (Lipinski definition) is 1. The van der Waals surface area contributed by atoms with E-state index in [1.54, 1.807) is 18.2 Å². The molecule has 0 aliphatic heterocycles. The highest BCUT2D eigenvalue weighted by atomic mass is 35.5. The van der Waals surface area contributed by atoms with Gasteiger partial charge in [-0.2, -0.15) is 0 Å². The van der Waals surface area contributed by atoms with Crippen LogP contribution in [0.1, 0.15) is 41.2 Å². The van der Waals surface area contributed by atoms with Gasteiger partial charge >= 0.3 is 0 Å². The van der Waals surface area contributed by atoms with E-state index < -0.39 is 0 Å². The minimum Gasteiger partial charge on any atom is -0.484 e. The zero-order chi connectivity index (χ0) is 19.2. The number of Topliss-reactive ketones (excluding diaryl/α,β-unsaturated/α-hetero) is 1. The number of halogens is 2. The molecule has 1 N–H and O–H groups in total. The number of nitrogens with zero attached hydrogens (tertiary/aromatic N) is 1. The molecule has 2 bridgehead atoms. The third kappa shape index (κ3) is 3.71. The van der Waals surface area contributed by atoms with Gasteiger partial charge in [-0.1, -0.05) is 23.2 Å². The van der Waals surface area contributed by atoms with Crippen molar-refractivity contribution >= 4 is 46.2 Å². The summed E-state index contributed by atoms with van der Waals surface area (Å²) in [7, 11) is 0. The summed E-state index contributed by atoms with van der Waals surface area (Å²) in [5.41, 5.74) is 0.429. The first-order valence-corrected chi connectivity index (χ1v) is 10.3. The smallest absolute Gasteiger partial charge is 0.258 e. The van der Waals surface area contributed by atoms with Gasteiger partial charge in [-0.25, -0.2) is 4.98 Å². The fourth-order valence-corrected chi connectivity index (χ4v) is 5.19. The first kappa shape index (κ1) is 18.7. The van der Waals surface area contributed by atoms with E-state index in [1.165, 1.54) is 11.3 Å². The van der Waals surface area contributed by atoms with Gasteiger partial charge in [-0.05, 0) is 43.7 Å². The number of hydrogen-bond acceptors (Lipinski definition) is 5. The van der Waals surface area contributed by atoms with Crippen molar-refractivity contribution in [2.24, 2.45) is 5.41 Å². The van der Waals surface area contributed by atoms with Crippen LogP contribution in [0.2, 0.25) is 10.0 Å². The van der Waals surface area contributed by atoms with Crippen molar-refractivity contribution in [2.75, 3.05) is 6.61 Å². The number of benzene rings is 1. The average Bonchev–Trinajstić information content (AvgIpc) is 2.99. The van der Waals surface area contributed by atoms with Crippen molar-refractivity contribution in [1.82, 2.24) is 10.3 Å². The number of carbonyl (C=O) groups is 2.